The van der Waals surface area contributed by atoms with Crippen molar-refractivity contribution in [1.29, 1.82) is 0 Å². The van der Waals surface area contributed by atoms with E-state index < -0.39 is 11.9 Å². The van der Waals surface area contributed by atoms with E-state index >= 15 is 0 Å². The van der Waals surface area contributed by atoms with Crippen LogP contribution in [0.15, 0.2) is 48.5 Å². The Hall–Kier alpha value is -3.02. The maximum atomic E-state index is 10.4. The standard InChI is InChI=1S/2C8H8O3/c2*1-11-7-4-2-6(3-5-7)8(9)10/h2*2-5H,1H3,(H,9,10). The minimum Gasteiger partial charge on any atom is -0.497 e. The highest BCUT2D eigenvalue weighted by Gasteiger charge is 2.01. The van der Waals surface area contributed by atoms with Gasteiger partial charge in [0.2, 0.25) is 0 Å². The number of carboxylic acids is 2. The monoisotopic (exact) mass is 304 g/mol. The van der Waals surface area contributed by atoms with Crippen molar-refractivity contribution in [1.82, 2.24) is 0 Å². The van der Waals surface area contributed by atoms with Crippen molar-refractivity contribution in [3.8, 4) is 11.5 Å². The van der Waals surface area contributed by atoms with Crippen molar-refractivity contribution in [2.75, 3.05) is 14.2 Å². The Balaban J connectivity index is 0.000000220. The molecule has 0 fully saturated rings. The third kappa shape index (κ3) is 5.16. The van der Waals surface area contributed by atoms with E-state index in [0.717, 1.165) is 0 Å². The average molecular weight is 304 g/mol. The summed E-state index contributed by atoms with van der Waals surface area (Å²) in [6, 6.07) is 12.5. The van der Waals surface area contributed by atoms with Crippen LogP contribution in [0.5, 0.6) is 11.5 Å². The van der Waals surface area contributed by atoms with Gasteiger partial charge in [0, 0.05) is 0 Å². The molecule has 2 aromatic rings. The third-order valence-electron chi connectivity index (χ3n) is 2.67. The predicted octanol–water partition coefficient (Wildman–Crippen LogP) is 2.79. The molecule has 0 atom stereocenters. The first-order valence-electron chi connectivity index (χ1n) is 6.22. The van der Waals surface area contributed by atoms with Gasteiger partial charge in [-0.05, 0) is 48.5 Å². The van der Waals surface area contributed by atoms with Gasteiger partial charge in [0.25, 0.3) is 0 Å². The number of carbonyl (C=O) groups is 2. The number of rotatable bonds is 4. The van der Waals surface area contributed by atoms with E-state index in [1.807, 2.05) is 0 Å². The Bertz CT molecular complexity index is 559. The molecule has 0 radical (unpaired) electrons. The van der Waals surface area contributed by atoms with Gasteiger partial charge in [-0.2, -0.15) is 0 Å². The Morgan fingerprint density at radius 2 is 0.955 bits per heavy atom. The highest BCUT2D eigenvalue weighted by Crippen LogP contribution is 2.11. The summed E-state index contributed by atoms with van der Waals surface area (Å²) in [5.74, 6) is -0.523. The molecule has 22 heavy (non-hydrogen) atoms. The summed E-state index contributed by atoms with van der Waals surface area (Å²) in [5.41, 5.74) is 0.539. The largest absolute Gasteiger partial charge is 0.497 e. The lowest BCUT2D eigenvalue weighted by molar-refractivity contribution is 0.0686. The van der Waals surface area contributed by atoms with E-state index in [9.17, 15) is 9.59 Å². The first-order chi connectivity index (χ1) is 10.5. The maximum Gasteiger partial charge on any atom is 0.335 e. The van der Waals surface area contributed by atoms with Gasteiger partial charge in [-0.1, -0.05) is 0 Å². The predicted molar refractivity (Wildman–Crippen MR) is 79.9 cm³/mol. The first-order valence-corrected chi connectivity index (χ1v) is 6.22. The molecule has 6 heteroatoms. The van der Waals surface area contributed by atoms with E-state index in [4.69, 9.17) is 19.7 Å². The van der Waals surface area contributed by atoms with Crippen molar-refractivity contribution < 1.29 is 29.3 Å². The van der Waals surface area contributed by atoms with Crippen LogP contribution in [0.1, 0.15) is 20.7 Å². The zero-order valence-electron chi connectivity index (χ0n) is 12.1. The molecule has 116 valence electrons. The Labute approximate surface area is 127 Å². The fourth-order valence-electron chi connectivity index (χ4n) is 1.47. The lowest BCUT2D eigenvalue weighted by atomic mass is 10.2. The van der Waals surface area contributed by atoms with Crippen LogP contribution in [0.3, 0.4) is 0 Å². The highest BCUT2D eigenvalue weighted by atomic mass is 16.5. The highest BCUT2D eigenvalue weighted by molar-refractivity contribution is 5.88. The molecule has 0 aliphatic rings. The molecule has 0 spiro atoms. The van der Waals surface area contributed by atoms with E-state index in [0.29, 0.717) is 11.5 Å². The van der Waals surface area contributed by atoms with Gasteiger partial charge < -0.3 is 19.7 Å². The summed E-state index contributed by atoms with van der Waals surface area (Å²) in [6.07, 6.45) is 0. The number of benzene rings is 2. The minimum absolute atomic E-state index is 0.269. The Kier molecular flexibility index (Phi) is 6.43. The molecule has 0 aromatic heterocycles. The second-order valence-electron chi connectivity index (χ2n) is 4.07. The van der Waals surface area contributed by atoms with E-state index in [1.54, 1.807) is 24.3 Å². The van der Waals surface area contributed by atoms with E-state index in [1.165, 1.54) is 38.5 Å². The number of ether oxygens (including phenoxy) is 2. The number of carboxylic acid groups (broad SMARTS) is 2. The van der Waals surface area contributed by atoms with Crippen LogP contribution in [0.2, 0.25) is 0 Å². The zero-order chi connectivity index (χ0) is 16.5. The number of hydrogen-bond donors (Lipinski definition) is 2. The number of hydrogen-bond acceptors (Lipinski definition) is 4. The Morgan fingerprint density at radius 3 is 1.14 bits per heavy atom. The molecule has 0 amide bonds. The topological polar surface area (TPSA) is 93.1 Å². The lowest BCUT2D eigenvalue weighted by Gasteiger charge is -1.98. The molecule has 0 saturated heterocycles. The molecule has 0 saturated carbocycles. The zero-order valence-corrected chi connectivity index (χ0v) is 12.1. The quantitative estimate of drug-likeness (QED) is 0.902. The summed E-state index contributed by atoms with van der Waals surface area (Å²) in [7, 11) is 3.07. The molecular weight excluding hydrogens is 288 g/mol. The molecular formula is C16H16O6. The van der Waals surface area contributed by atoms with Crippen LogP contribution in [-0.2, 0) is 0 Å². The molecule has 0 heterocycles. The smallest absolute Gasteiger partial charge is 0.335 e. The molecule has 0 aliphatic carbocycles. The van der Waals surface area contributed by atoms with Crippen molar-refractivity contribution in [2.45, 2.75) is 0 Å². The summed E-state index contributed by atoms with van der Waals surface area (Å²) < 4.78 is 9.71. The minimum atomic E-state index is -0.923. The van der Waals surface area contributed by atoms with Gasteiger partial charge >= 0.3 is 11.9 Å². The van der Waals surface area contributed by atoms with Crippen LogP contribution in [-0.4, -0.2) is 36.4 Å². The normalized spacial score (nSPS) is 9.18. The van der Waals surface area contributed by atoms with Gasteiger partial charge in [-0.15, -0.1) is 0 Å². The fourth-order valence-corrected chi connectivity index (χ4v) is 1.47. The van der Waals surface area contributed by atoms with Gasteiger partial charge in [-0.25, -0.2) is 9.59 Å². The molecule has 2 rings (SSSR count). The van der Waals surface area contributed by atoms with Crippen molar-refractivity contribution in [2.24, 2.45) is 0 Å². The summed E-state index contributed by atoms with van der Waals surface area (Å²) >= 11 is 0. The maximum absolute atomic E-state index is 10.4. The van der Waals surface area contributed by atoms with Gasteiger partial charge in [-0.3, -0.25) is 0 Å². The molecule has 6 nitrogen and oxygen atoms in total. The second-order valence-corrected chi connectivity index (χ2v) is 4.07. The third-order valence-corrected chi connectivity index (χ3v) is 2.67. The molecule has 0 unspecified atom stereocenters. The fraction of sp³-hybridized carbons (Fsp3) is 0.125. The average Bonchev–Trinajstić information content (AvgIpc) is 2.55. The van der Waals surface area contributed by atoms with Crippen LogP contribution < -0.4 is 9.47 Å². The SMILES string of the molecule is COc1ccc(C(=O)O)cc1.COc1ccc(C(=O)O)cc1. The van der Waals surface area contributed by atoms with Crippen molar-refractivity contribution in [3.63, 3.8) is 0 Å². The Morgan fingerprint density at radius 1 is 0.682 bits per heavy atom. The number of aromatic carboxylic acids is 2. The van der Waals surface area contributed by atoms with Gasteiger partial charge in [0.1, 0.15) is 11.5 Å². The second kappa shape index (κ2) is 8.31. The summed E-state index contributed by atoms with van der Waals surface area (Å²) in [6.45, 7) is 0. The van der Waals surface area contributed by atoms with Crippen LogP contribution in [0.4, 0.5) is 0 Å². The van der Waals surface area contributed by atoms with Crippen LogP contribution in [0, 0.1) is 0 Å². The first kappa shape index (κ1) is 17.0. The summed E-state index contributed by atoms with van der Waals surface area (Å²) in [5, 5.41) is 17.0. The van der Waals surface area contributed by atoms with Gasteiger partial charge in [0.05, 0.1) is 25.3 Å². The van der Waals surface area contributed by atoms with Crippen LogP contribution >= 0.6 is 0 Å². The molecule has 2 N–H and O–H groups in total. The van der Waals surface area contributed by atoms with Crippen molar-refractivity contribution >= 4 is 11.9 Å². The van der Waals surface area contributed by atoms with Gasteiger partial charge in [0.15, 0.2) is 0 Å². The summed E-state index contributed by atoms with van der Waals surface area (Å²) in [4.78, 5) is 20.7. The van der Waals surface area contributed by atoms with E-state index in [2.05, 4.69) is 0 Å². The number of methoxy groups -OCH3 is 2. The lowest BCUT2D eigenvalue weighted by Crippen LogP contribution is -1.95. The molecule has 0 bridgehead atoms. The van der Waals surface area contributed by atoms with Crippen LogP contribution in [0.25, 0.3) is 0 Å². The van der Waals surface area contributed by atoms with E-state index in [-0.39, 0.29) is 11.1 Å². The van der Waals surface area contributed by atoms with Crippen molar-refractivity contribution in [3.05, 3.63) is 59.7 Å². The molecule has 0 aliphatic heterocycles. The molecule has 2 aromatic carbocycles.